The van der Waals surface area contributed by atoms with E-state index < -0.39 is 17.2 Å². The molecule has 3 nitrogen and oxygen atoms in total. The smallest absolute Gasteiger partial charge is 0.268 e. The van der Waals surface area contributed by atoms with Crippen LogP contribution in [0.15, 0.2) is 35.1 Å². The number of pyridine rings is 1. The van der Waals surface area contributed by atoms with Crippen molar-refractivity contribution in [2.24, 2.45) is 0 Å². The average Bonchev–Trinajstić information content (AvgIpc) is 2.39. The minimum atomic E-state index is -0.959. The van der Waals surface area contributed by atoms with Crippen molar-refractivity contribution in [2.45, 2.75) is 13.5 Å². The lowest BCUT2D eigenvalue weighted by atomic mass is 10.2. The van der Waals surface area contributed by atoms with Crippen molar-refractivity contribution < 1.29 is 8.78 Å². The largest absolute Gasteiger partial charge is 0.307 e. The van der Waals surface area contributed by atoms with Crippen LogP contribution in [0.5, 0.6) is 0 Å². The minimum absolute atomic E-state index is 0.0215. The molecule has 0 N–H and O–H groups in total. The summed E-state index contributed by atoms with van der Waals surface area (Å²) in [7, 11) is 0. The predicted molar refractivity (Wildman–Crippen MR) is 65.6 cm³/mol. The second kappa shape index (κ2) is 5.02. The molecular weight excluding hydrogens is 250 g/mol. The number of hydrogen-bond donors (Lipinski definition) is 0. The van der Waals surface area contributed by atoms with E-state index in [0.29, 0.717) is 11.3 Å². The molecular formula is C14H10F2N2O. The summed E-state index contributed by atoms with van der Waals surface area (Å²) < 4.78 is 27.3. The lowest BCUT2D eigenvalue weighted by Crippen LogP contribution is -2.24. The number of aryl methyl sites for hydroxylation is 1. The van der Waals surface area contributed by atoms with Gasteiger partial charge in [0.05, 0.1) is 6.54 Å². The zero-order valence-corrected chi connectivity index (χ0v) is 10.2. The van der Waals surface area contributed by atoms with Crippen LogP contribution in [0.3, 0.4) is 0 Å². The SMILES string of the molecule is Cc1ccc(C#N)c(=O)n1Cc1ccc(F)c(F)c1. The molecule has 1 aromatic heterocycles. The van der Waals surface area contributed by atoms with Crippen molar-refractivity contribution in [1.29, 1.82) is 5.26 Å². The summed E-state index contributed by atoms with van der Waals surface area (Å²) in [5, 5.41) is 8.81. The van der Waals surface area contributed by atoms with Crippen molar-refractivity contribution in [1.82, 2.24) is 4.57 Å². The zero-order chi connectivity index (χ0) is 14.0. The molecule has 19 heavy (non-hydrogen) atoms. The first-order valence-electron chi connectivity index (χ1n) is 5.57. The first-order valence-corrected chi connectivity index (χ1v) is 5.57. The number of halogens is 2. The fourth-order valence-electron chi connectivity index (χ4n) is 1.77. The number of hydrogen-bond acceptors (Lipinski definition) is 2. The van der Waals surface area contributed by atoms with E-state index in [1.807, 2.05) is 0 Å². The first-order chi connectivity index (χ1) is 9.02. The molecule has 2 aromatic rings. The Balaban J connectivity index is 2.46. The van der Waals surface area contributed by atoms with E-state index in [1.165, 1.54) is 16.7 Å². The van der Waals surface area contributed by atoms with E-state index in [2.05, 4.69) is 0 Å². The Morgan fingerprint density at radius 3 is 2.58 bits per heavy atom. The van der Waals surface area contributed by atoms with Gasteiger partial charge in [-0.25, -0.2) is 8.78 Å². The molecule has 1 heterocycles. The Kier molecular flexibility index (Phi) is 3.43. The topological polar surface area (TPSA) is 45.8 Å². The van der Waals surface area contributed by atoms with Gasteiger partial charge in [0.15, 0.2) is 11.6 Å². The van der Waals surface area contributed by atoms with Crippen LogP contribution >= 0.6 is 0 Å². The van der Waals surface area contributed by atoms with Crippen LogP contribution in [0.25, 0.3) is 0 Å². The lowest BCUT2D eigenvalue weighted by Gasteiger charge is -2.10. The number of nitrogens with zero attached hydrogens (tertiary/aromatic N) is 2. The fraction of sp³-hybridized carbons (Fsp3) is 0.143. The molecule has 0 aliphatic rings. The Hall–Kier alpha value is -2.48. The van der Waals surface area contributed by atoms with E-state index in [-0.39, 0.29) is 12.1 Å². The lowest BCUT2D eigenvalue weighted by molar-refractivity contribution is 0.506. The van der Waals surface area contributed by atoms with Crippen LogP contribution in [0.4, 0.5) is 8.78 Å². The third-order valence-electron chi connectivity index (χ3n) is 2.84. The molecule has 0 unspecified atom stereocenters. The maximum atomic E-state index is 13.1. The van der Waals surface area contributed by atoms with E-state index in [4.69, 9.17) is 5.26 Å². The third-order valence-corrected chi connectivity index (χ3v) is 2.84. The van der Waals surface area contributed by atoms with Crippen LogP contribution in [0.2, 0.25) is 0 Å². The normalized spacial score (nSPS) is 10.2. The summed E-state index contributed by atoms with van der Waals surface area (Å²) in [5.74, 6) is -1.89. The van der Waals surface area contributed by atoms with Gasteiger partial charge in [0, 0.05) is 5.69 Å². The summed E-state index contributed by atoms with van der Waals surface area (Å²) in [5.41, 5.74) is 0.688. The molecule has 2 rings (SSSR count). The number of nitriles is 1. The van der Waals surface area contributed by atoms with E-state index in [9.17, 15) is 13.6 Å². The van der Waals surface area contributed by atoms with Gasteiger partial charge in [0.2, 0.25) is 0 Å². The van der Waals surface area contributed by atoms with Gasteiger partial charge in [0.1, 0.15) is 11.6 Å². The van der Waals surface area contributed by atoms with E-state index in [0.717, 1.165) is 12.1 Å². The first kappa shape index (κ1) is 13.0. The monoisotopic (exact) mass is 260 g/mol. The molecule has 5 heteroatoms. The molecule has 0 spiro atoms. The summed E-state index contributed by atoms with van der Waals surface area (Å²) in [4.78, 5) is 11.9. The Morgan fingerprint density at radius 1 is 1.21 bits per heavy atom. The molecule has 0 aliphatic carbocycles. The van der Waals surface area contributed by atoms with Gasteiger partial charge in [-0.15, -0.1) is 0 Å². The Morgan fingerprint density at radius 2 is 1.95 bits per heavy atom. The summed E-state index contributed by atoms with van der Waals surface area (Å²) in [6.07, 6.45) is 0. The van der Waals surface area contributed by atoms with Crippen LogP contribution in [-0.2, 0) is 6.54 Å². The van der Waals surface area contributed by atoms with Gasteiger partial charge in [0.25, 0.3) is 5.56 Å². The maximum absolute atomic E-state index is 13.1. The number of aromatic nitrogens is 1. The van der Waals surface area contributed by atoms with Crippen molar-refractivity contribution in [2.75, 3.05) is 0 Å². The Bertz CT molecular complexity index is 729. The molecule has 0 saturated carbocycles. The second-order valence-electron chi connectivity index (χ2n) is 4.14. The van der Waals surface area contributed by atoms with Crippen LogP contribution in [0.1, 0.15) is 16.8 Å². The molecule has 0 amide bonds. The number of rotatable bonds is 2. The molecule has 0 aliphatic heterocycles. The zero-order valence-electron chi connectivity index (χ0n) is 10.2. The maximum Gasteiger partial charge on any atom is 0.268 e. The third kappa shape index (κ3) is 2.52. The van der Waals surface area contributed by atoms with Crippen molar-refractivity contribution in [3.05, 3.63) is 69.1 Å². The van der Waals surface area contributed by atoms with Crippen molar-refractivity contribution in [3.63, 3.8) is 0 Å². The Labute approximate surface area is 108 Å². The summed E-state index contributed by atoms with van der Waals surface area (Å²) >= 11 is 0. The van der Waals surface area contributed by atoms with Crippen molar-refractivity contribution in [3.8, 4) is 6.07 Å². The van der Waals surface area contributed by atoms with Gasteiger partial charge in [-0.1, -0.05) is 6.07 Å². The molecule has 0 radical (unpaired) electrons. The fourth-order valence-corrected chi connectivity index (χ4v) is 1.77. The molecule has 96 valence electrons. The minimum Gasteiger partial charge on any atom is -0.307 e. The van der Waals surface area contributed by atoms with E-state index >= 15 is 0 Å². The molecule has 0 bridgehead atoms. The van der Waals surface area contributed by atoms with Gasteiger partial charge in [-0.2, -0.15) is 5.26 Å². The molecule has 0 atom stereocenters. The highest BCUT2D eigenvalue weighted by Gasteiger charge is 2.08. The molecule has 0 fully saturated rings. The second-order valence-corrected chi connectivity index (χ2v) is 4.14. The average molecular weight is 260 g/mol. The van der Waals surface area contributed by atoms with Crippen LogP contribution < -0.4 is 5.56 Å². The quantitative estimate of drug-likeness (QED) is 0.832. The van der Waals surface area contributed by atoms with Crippen LogP contribution in [0, 0.1) is 29.9 Å². The van der Waals surface area contributed by atoms with Gasteiger partial charge in [-0.3, -0.25) is 4.79 Å². The highest BCUT2D eigenvalue weighted by molar-refractivity contribution is 5.28. The standard InChI is InChI=1S/C14H10F2N2O/c1-9-2-4-11(7-17)14(19)18(9)8-10-3-5-12(15)13(16)6-10/h2-6H,8H2,1H3. The van der Waals surface area contributed by atoms with Gasteiger partial charge in [-0.05, 0) is 36.8 Å². The highest BCUT2D eigenvalue weighted by atomic mass is 19.2. The summed E-state index contributed by atoms with van der Waals surface area (Å²) in [6, 6.07) is 8.35. The van der Waals surface area contributed by atoms with Gasteiger partial charge >= 0.3 is 0 Å². The highest BCUT2D eigenvalue weighted by Crippen LogP contribution is 2.10. The summed E-state index contributed by atoms with van der Waals surface area (Å²) in [6.45, 7) is 1.81. The molecule has 1 aromatic carbocycles. The number of benzene rings is 1. The van der Waals surface area contributed by atoms with Gasteiger partial charge < -0.3 is 4.57 Å². The molecule has 0 saturated heterocycles. The van der Waals surface area contributed by atoms with Crippen molar-refractivity contribution >= 4 is 0 Å². The van der Waals surface area contributed by atoms with E-state index in [1.54, 1.807) is 19.1 Å². The predicted octanol–water partition coefficient (Wildman–Crippen LogP) is 2.35. The van der Waals surface area contributed by atoms with Crippen LogP contribution in [-0.4, -0.2) is 4.57 Å².